The minimum atomic E-state index is -0.554. The van der Waals surface area contributed by atoms with E-state index >= 15 is 0 Å². The van der Waals surface area contributed by atoms with Crippen molar-refractivity contribution in [2.75, 3.05) is 18.1 Å². The standard InChI is InChI=1S/C19H18ClNO3S/c1-13-9-10-21(16-7-2-3-8-17(16)25-13)18(22)12-24-19(23)14-5-4-6-15(20)11-14/h2-8,11,13H,9-10,12H2,1H3/t13-/m1/s1. The van der Waals surface area contributed by atoms with Crippen LogP contribution >= 0.6 is 23.4 Å². The molecule has 0 fully saturated rings. The van der Waals surface area contributed by atoms with Crippen LogP contribution in [0.4, 0.5) is 5.69 Å². The van der Waals surface area contributed by atoms with Gasteiger partial charge in [-0.2, -0.15) is 0 Å². The maximum atomic E-state index is 12.6. The maximum absolute atomic E-state index is 12.6. The summed E-state index contributed by atoms with van der Waals surface area (Å²) in [5.41, 5.74) is 1.21. The second-order valence-corrected chi connectivity index (χ2v) is 7.73. The van der Waals surface area contributed by atoms with E-state index in [1.54, 1.807) is 34.9 Å². The fourth-order valence-corrected chi connectivity index (χ4v) is 3.95. The van der Waals surface area contributed by atoms with Crippen molar-refractivity contribution in [3.63, 3.8) is 0 Å². The zero-order valence-electron chi connectivity index (χ0n) is 13.8. The summed E-state index contributed by atoms with van der Waals surface area (Å²) in [4.78, 5) is 27.5. The average Bonchev–Trinajstić information content (AvgIpc) is 2.77. The Balaban J connectivity index is 1.70. The Labute approximate surface area is 156 Å². The first-order valence-electron chi connectivity index (χ1n) is 8.03. The van der Waals surface area contributed by atoms with Gasteiger partial charge in [0.2, 0.25) is 0 Å². The summed E-state index contributed by atoms with van der Waals surface area (Å²) in [5.74, 6) is -0.778. The van der Waals surface area contributed by atoms with Crippen molar-refractivity contribution in [2.45, 2.75) is 23.5 Å². The molecule has 1 amide bonds. The van der Waals surface area contributed by atoms with Crippen molar-refractivity contribution in [3.8, 4) is 0 Å². The summed E-state index contributed by atoms with van der Waals surface area (Å²) in [7, 11) is 0. The third kappa shape index (κ3) is 4.35. The molecule has 0 aromatic heterocycles. The third-order valence-corrected chi connectivity index (χ3v) is 5.40. The molecule has 3 rings (SSSR count). The molecule has 0 saturated carbocycles. The lowest BCUT2D eigenvalue weighted by atomic mass is 10.2. The SMILES string of the molecule is C[C@@H]1CCN(C(=O)COC(=O)c2cccc(Cl)c2)c2ccccc2S1. The number of halogens is 1. The lowest BCUT2D eigenvalue weighted by molar-refractivity contribution is -0.121. The highest BCUT2D eigenvalue weighted by Gasteiger charge is 2.25. The highest BCUT2D eigenvalue weighted by molar-refractivity contribution is 8.00. The summed E-state index contributed by atoms with van der Waals surface area (Å²) >= 11 is 7.64. The van der Waals surface area contributed by atoms with E-state index in [-0.39, 0.29) is 12.5 Å². The Hall–Kier alpha value is -1.98. The predicted molar refractivity (Wildman–Crippen MR) is 100 cm³/mol. The number of anilines is 1. The van der Waals surface area contributed by atoms with E-state index in [0.29, 0.717) is 22.4 Å². The molecule has 0 bridgehead atoms. The number of ether oxygens (including phenoxy) is 1. The van der Waals surface area contributed by atoms with Gasteiger partial charge in [0.1, 0.15) is 0 Å². The molecule has 4 nitrogen and oxygen atoms in total. The van der Waals surface area contributed by atoms with Crippen LogP contribution in [-0.4, -0.2) is 30.3 Å². The van der Waals surface area contributed by atoms with E-state index in [9.17, 15) is 9.59 Å². The fourth-order valence-electron chi connectivity index (χ4n) is 2.65. The summed E-state index contributed by atoms with van der Waals surface area (Å²) in [6, 6.07) is 14.3. The number of amides is 1. The lowest BCUT2D eigenvalue weighted by Gasteiger charge is -2.22. The number of carbonyl (C=O) groups excluding carboxylic acids is 2. The highest BCUT2D eigenvalue weighted by Crippen LogP contribution is 2.37. The zero-order chi connectivity index (χ0) is 17.8. The number of para-hydroxylation sites is 1. The van der Waals surface area contributed by atoms with Gasteiger partial charge < -0.3 is 9.64 Å². The van der Waals surface area contributed by atoms with Crippen molar-refractivity contribution in [1.82, 2.24) is 0 Å². The molecule has 25 heavy (non-hydrogen) atoms. The summed E-state index contributed by atoms with van der Waals surface area (Å²) < 4.78 is 5.19. The van der Waals surface area contributed by atoms with Crippen LogP contribution in [0.25, 0.3) is 0 Å². The van der Waals surface area contributed by atoms with Crippen LogP contribution in [0.2, 0.25) is 5.02 Å². The predicted octanol–water partition coefficient (Wildman–Crippen LogP) is 4.41. The van der Waals surface area contributed by atoms with Gasteiger partial charge in [-0.1, -0.05) is 36.7 Å². The van der Waals surface area contributed by atoms with Crippen LogP contribution in [-0.2, 0) is 9.53 Å². The van der Waals surface area contributed by atoms with Gasteiger partial charge >= 0.3 is 5.97 Å². The molecular formula is C19H18ClNO3S. The molecule has 1 aliphatic heterocycles. The first-order chi connectivity index (χ1) is 12.0. The molecule has 6 heteroatoms. The summed E-state index contributed by atoms with van der Waals surface area (Å²) in [5, 5.41) is 0.876. The summed E-state index contributed by atoms with van der Waals surface area (Å²) in [6.07, 6.45) is 0.882. The van der Waals surface area contributed by atoms with Gasteiger partial charge in [0, 0.05) is 21.7 Å². The Kier molecular flexibility index (Phi) is 5.66. The van der Waals surface area contributed by atoms with Crippen molar-refractivity contribution in [1.29, 1.82) is 0 Å². The van der Waals surface area contributed by atoms with E-state index in [1.165, 1.54) is 6.07 Å². The number of fused-ring (bicyclic) bond motifs is 1. The van der Waals surface area contributed by atoms with E-state index in [4.69, 9.17) is 16.3 Å². The van der Waals surface area contributed by atoms with E-state index < -0.39 is 5.97 Å². The lowest BCUT2D eigenvalue weighted by Crippen LogP contribution is -2.35. The van der Waals surface area contributed by atoms with E-state index in [2.05, 4.69) is 6.92 Å². The molecule has 1 atom stereocenters. The molecule has 0 spiro atoms. The van der Waals surface area contributed by atoms with Gasteiger partial charge in [0.05, 0.1) is 11.3 Å². The topological polar surface area (TPSA) is 46.6 Å². The Morgan fingerprint density at radius 2 is 2.04 bits per heavy atom. The number of nitrogens with zero attached hydrogens (tertiary/aromatic N) is 1. The van der Waals surface area contributed by atoms with Gasteiger partial charge in [0.25, 0.3) is 5.91 Å². The van der Waals surface area contributed by atoms with Crippen molar-refractivity contribution >= 4 is 40.9 Å². The van der Waals surface area contributed by atoms with Crippen LogP contribution in [0, 0.1) is 0 Å². The third-order valence-electron chi connectivity index (χ3n) is 3.93. The first-order valence-corrected chi connectivity index (χ1v) is 9.29. The first kappa shape index (κ1) is 17.8. The number of hydrogen-bond acceptors (Lipinski definition) is 4. The van der Waals surface area contributed by atoms with Gasteiger partial charge in [-0.25, -0.2) is 4.79 Å². The number of thioether (sulfide) groups is 1. The Morgan fingerprint density at radius 3 is 2.84 bits per heavy atom. The van der Waals surface area contributed by atoms with E-state index in [1.807, 2.05) is 24.3 Å². The molecule has 130 valence electrons. The van der Waals surface area contributed by atoms with Crippen LogP contribution in [0.1, 0.15) is 23.7 Å². The molecule has 0 radical (unpaired) electrons. The molecule has 0 saturated heterocycles. The maximum Gasteiger partial charge on any atom is 0.338 e. The van der Waals surface area contributed by atoms with Crippen molar-refractivity contribution < 1.29 is 14.3 Å². The number of benzene rings is 2. The van der Waals surface area contributed by atoms with Crippen molar-refractivity contribution in [2.24, 2.45) is 0 Å². The zero-order valence-corrected chi connectivity index (χ0v) is 15.3. The van der Waals surface area contributed by atoms with Crippen LogP contribution < -0.4 is 4.90 Å². The van der Waals surface area contributed by atoms with Gasteiger partial charge in [0.15, 0.2) is 6.61 Å². The van der Waals surface area contributed by atoms with Crippen LogP contribution in [0.5, 0.6) is 0 Å². The second-order valence-electron chi connectivity index (χ2n) is 5.82. The smallest absolute Gasteiger partial charge is 0.338 e. The highest BCUT2D eigenvalue weighted by atomic mass is 35.5. The normalized spacial score (nSPS) is 16.7. The van der Waals surface area contributed by atoms with E-state index in [0.717, 1.165) is 17.0 Å². The van der Waals surface area contributed by atoms with Gasteiger partial charge in [-0.15, -0.1) is 11.8 Å². The number of hydrogen-bond donors (Lipinski definition) is 0. The Morgan fingerprint density at radius 1 is 1.24 bits per heavy atom. The monoisotopic (exact) mass is 375 g/mol. The molecule has 1 aliphatic rings. The Bertz CT molecular complexity index is 796. The quantitative estimate of drug-likeness (QED) is 0.745. The molecular weight excluding hydrogens is 358 g/mol. The second kappa shape index (κ2) is 7.93. The van der Waals surface area contributed by atoms with Gasteiger partial charge in [-0.05, 0) is 36.8 Å². The van der Waals surface area contributed by atoms with Crippen LogP contribution in [0.3, 0.4) is 0 Å². The molecule has 2 aromatic carbocycles. The number of carbonyl (C=O) groups is 2. The summed E-state index contributed by atoms with van der Waals surface area (Å²) in [6.45, 7) is 2.46. The molecule has 0 aliphatic carbocycles. The minimum Gasteiger partial charge on any atom is -0.452 e. The molecule has 2 aromatic rings. The molecule has 1 heterocycles. The minimum absolute atomic E-state index is 0.225. The average molecular weight is 376 g/mol. The van der Waals surface area contributed by atoms with Gasteiger partial charge in [-0.3, -0.25) is 4.79 Å². The van der Waals surface area contributed by atoms with Crippen molar-refractivity contribution in [3.05, 3.63) is 59.1 Å². The fraction of sp³-hybridized carbons (Fsp3) is 0.263. The number of rotatable bonds is 3. The molecule has 0 unspecified atom stereocenters. The number of esters is 1. The van der Waals surface area contributed by atoms with Crippen LogP contribution in [0.15, 0.2) is 53.4 Å². The largest absolute Gasteiger partial charge is 0.452 e. The molecule has 0 N–H and O–H groups in total.